The van der Waals surface area contributed by atoms with E-state index in [2.05, 4.69) is 26.1 Å². The zero-order valence-corrected chi connectivity index (χ0v) is 13.0. The van der Waals surface area contributed by atoms with E-state index in [9.17, 15) is 9.50 Å². The lowest BCUT2D eigenvalue weighted by Crippen LogP contribution is -2.20. The molecule has 1 N–H and O–H groups in total. The molecule has 4 nitrogen and oxygen atoms in total. The smallest absolute Gasteiger partial charge is 0.229 e. The maximum absolute atomic E-state index is 13.3. The summed E-state index contributed by atoms with van der Waals surface area (Å²) in [5, 5.41) is 14.1. The van der Waals surface area contributed by atoms with Crippen LogP contribution in [-0.2, 0) is 6.42 Å². The van der Waals surface area contributed by atoms with Gasteiger partial charge in [0.05, 0.1) is 12.5 Å². The molecule has 1 saturated carbocycles. The predicted octanol–water partition coefficient (Wildman–Crippen LogP) is 3.73. The van der Waals surface area contributed by atoms with Gasteiger partial charge in [-0.2, -0.15) is 4.98 Å². The third-order valence-electron chi connectivity index (χ3n) is 3.97. The highest BCUT2D eigenvalue weighted by Gasteiger charge is 2.25. The summed E-state index contributed by atoms with van der Waals surface area (Å²) in [6.07, 6.45) is 4.36. The topological polar surface area (TPSA) is 59.2 Å². The Morgan fingerprint density at radius 1 is 1.38 bits per heavy atom. The fraction of sp³-hybridized carbons (Fsp3) is 0.467. The van der Waals surface area contributed by atoms with E-state index >= 15 is 0 Å². The molecule has 0 amide bonds. The molecule has 1 atom stereocenters. The molecular formula is C15H16BrFN2O2. The van der Waals surface area contributed by atoms with Crippen LogP contribution in [0.15, 0.2) is 27.2 Å². The van der Waals surface area contributed by atoms with Gasteiger partial charge in [0.2, 0.25) is 11.7 Å². The van der Waals surface area contributed by atoms with Crippen molar-refractivity contribution in [1.29, 1.82) is 0 Å². The van der Waals surface area contributed by atoms with E-state index in [1.165, 1.54) is 25.0 Å². The molecule has 0 aliphatic heterocycles. The molecular weight excluding hydrogens is 339 g/mol. The summed E-state index contributed by atoms with van der Waals surface area (Å²) < 4.78 is 19.2. The van der Waals surface area contributed by atoms with Crippen molar-refractivity contribution < 1.29 is 14.0 Å². The molecule has 21 heavy (non-hydrogen) atoms. The zero-order chi connectivity index (χ0) is 14.8. The van der Waals surface area contributed by atoms with Crippen LogP contribution in [0, 0.1) is 11.7 Å². The first kappa shape index (κ1) is 14.7. The normalized spacial score (nSPS) is 17.3. The number of aliphatic hydroxyl groups is 1. The number of aromatic nitrogens is 2. The predicted molar refractivity (Wildman–Crippen MR) is 79.1 cm³/mol. The number of rotatable bonds is 4. The first-order valence-corrected chi connectivity index (χ1v) is 7.89. The maximum Gasteiger partial charge on any atom is 0.229 e. The number of hydrogen-bond acceptors (Lipinski definition) is 4. The number of aliphatic hydroxyl groups excluding tert-OH is 1. The van der Waals surface area contributed by atoms with E-state index in [1.54, 1.807) is 6.07 Å². The molecule has 1 fully saturated rings. The largest absolute Gasteiger partial charge is 0.392 e. The van der Waals surface area contributed by atoms with Crippen LogP contribution < -0.4 is 0 Å². The summed E-state index contributed by atoms with van der Waals surface area (Å²) in [6, 6.07) is 4.32. The van der Waals surface area contributed by atoms with Crippen molar-refractivity contribution in [2.45, 2.75) is 38.2 Å². The van der Waals surface area contributed by atoms with Gasteiger partial charge in [-0.05, 0) is 37.0 Å². The molecule has 6 heteroatoms. The second-order valence-electron chi connectivity index (χ2n) is 5.45. The van der Waals surface area contributed by atoms with Crippen molar-refractivity contribution >= 4 is 15.9 Å². The minimum atomic E-state index is -0.447. The number of halogens is 2. The Hall–Kier alpha value is -1.27. The molecule has 0 bridgehead atoms. The van der Waals surface area contributed by atoms with Crippen molar-refractivity contribution in [1.82, 2.24) is 10.1 Å². The average molecular weight is 355 g/mol. The molecule has 1 aromatic heterocycles. The first-order chi connectivity index (χ1) is 10.1. The summed E-state index contributed by atoms with van der Waals surface area (Å²) in [4.78, 5) is 4.26. The standard InChI is InChI=1S/C15H16BrFN2O2/c16-12-6-5-10(17)7-11(12)15-18-14(21-19-15)8-13(20)9-3-1-2-4-9/h5-7,9,13,20H,1-4,8H2. The van der Waals surface area contributed by atoms with Crippen LogP contribution in [0.2, 0.25) is 0 Å². The Kier molecular flexibility index (Phi) is 4.35. The molecule has 2 aromatic rings. The van der Waals surface area contributed by atoms with Gasteiger partial charge in [0, 0.05) is 10.0 Å². The fourth-order valence-electron chi connectivity index (χ4n) is 2.80. The van der Waals surface area contributed by atoms with Crippen LogP contribution in [0.3, 0.4) is 0 Å². The lowest BCUT2D eigenvalue weighted by atomic mass is 9.98. The van der Waals surface area contributed by atoms with Gasteiger partial charge in [0.1, 0.15) is 5.82 Å². The lowest BCUT2D eigenvalue weighted by molar-refractivity contribution is 0.102. The van der Waals surface area contributed by atoms with Crippen LogP contribution in [0.4, 0.5) is 4.39 Å². The first-order valence-electron chi connectivity index (χ1n) is 7.09. The fourth-order valence-corrected chi connectivity index (χ4v) is 3.23. The van der Waals surface area contributed by atoms with Gasteiger partial charge in [-0.1, -0.05) is 33.9 Å². The van der Waals surface area contributed by atoms with Crippen molar-refractivity contribution in [2.24, 2.45) is 5.92 Å². The van der Waals surface area contributed by atoms with E-state index in [0.717, 1.165) is 12.8 Å². The molecule has 112 valence electrons. The van der Waals surface area contributed by atoms with Crippen molar-refractivity contribution in [3.8, 4) is 11.4 Å². The van der Waals surface area contributed by atoms with Crippen LogP contribution in [-0.4, -0.2) is 21.4 Å². The SMILES string of the molecule is OC(Cc1nc(-c2cc(F)ccc2Br)no1)C1CCCC1. The highest BCUT2D eigenvalue weighted by atomic mass is 79.9. The van der Waals surface area contributed by atoms with Gasteiger partial charge >= 0.3 is 0 Å². The molecule has 1 aliphatic carbocycles. The highest BCUT2D eigenvalue weighted by molar-refractivity contribution is 9.10. The van der Waals surface area contributed by atoms with E-state index < -0.39 is 6.10 Å². The van der Waals surface area contributed by atoms with Crippen LogP contribution >= 0.6 is 15.9 Å². The molecule has 0 saturated heterocycles. The van der Waals surface area contributed by atoms with E-state index in [1.807, 2.05) is 0 Å². The number of benzene rings is 1. The molecule has 1 aromatic carbocycles. The minimum absolute atomic E-state index is 0.321. The summed E-state index contributed by atoms with van der Waals surface area (Å²) in [7, 11) is 0. The van der Waals surface area contributed by atoms with Gasteiger partial charge in [-0.3, -0.25) is 0 Å². The van der Waals surface area contributed by atoms with Crippen LogP contribution in [0.25, 0.3) is 11.4 Å². The molecule has 3 rings (SSSR count). The number of nitrogens with zero attached hydrogens (tertiary/aromatic N) is 2. The monoisotopic (exact) mass is 354 g/mol. The Morgan fingerprint density at radius 2 is 2.14 bits per heavy atom. The quantitative estimate of drug-likeness (QED) is 0.908. The maximum atomic E-state index is 13.3. The van der Waals surface area contributed by atoms with E-state index in [4.69, 9.17) is 4.52 Å². The zero-order valence-electron chi connectivity index (χ0n) is 11.4. The van der Waals surface area contributed by atoms with Gasteiger partial charge in [-0.15, -0.1) is 0 Å². The number of hydrogen-bond donors (Lipinski definition) is 1. The molecule has 0 spiro atoms. The third-order valence-corrected chi connectivity index (χ3v) is 4.66. The van der Waals surface area contributed by atoms with Crippen molar-refractivity contribution in [2.75, 3.05) is 0 Å². The Labute approximate surface area is 130 Å². The van der Waals surface area contributed by atoms with Gasteiger partial charge in [0.15, 0.2) is 0 Å². The Morgan fingerprint density at radius 3 is 2.90 bits per heavy atom. The summed E-state index contributed by atoms with van der Waals surface area (Å²) in [5.74, 6) is 0.683. The summed E-state index contributed by atoms with van der Waals surface area (Å²) >= 11 is 3.34. The summed E-state index contributed by atoms with van der Waals surface area (Å²) in [5.41, 5.74) is 0.542. The summed E-state index contributed by atoms with van der Waals surface area (Å²) in [6.45, 7) is 0. The van der Waals surface area contributed by atoms with Crippen LogP contribution in [0.1, 0.15) is 31.6 Å². The molecule has 0 radical (unpaired) electrons. The van der Waals surface area contributed by atoms with E-state index in [0.29, 0.717) is 34.1 Å². The average Bonchev–Trinajstić information content (AvgIpc) is 3.12. The molecule has 1 unspecified atom stereocenters. The molecule has 1 aliphatic rings. The second-order valence-corrected chi connectivity index (χ2v) is 6.31. The van der Waals surface area contributed by atoms with Gasteiger partial charge in [0.25, 0.3) is 0 Å². The van der Waals surface area contributed by atoms with Crippen LogP contribution in [0.5, 0.6) is 0 Å². The lowest BCUT2D eigenvalue weighted by Gasteiger charge is -2.14. The Balaban J connectivity index is 1.75. The third kappa shape index (κ3) is 3.32. The van der Waals surface area contributed by atoms with Crippen molar-refractivity contribution in [3.63, 3.8) is 0 Å². The van der Waals surface area contributed by atoms with E-state index in [-0.39, 0.29) is 5.82 Å². The minimum Gasteiger partial charge on any atom is -0.392 e. The van der Waals surface area contributed by atoms with Gasteiger partial charge < -0.3 is 9.63 Å². The highest BCUT2D eigenvalue weighted by Crippen LogP contribution is 2.30. The Bertz CT molecular complexity index is 626. The van der Waals surface area contributed by atoms with Gasteiger partial charge in [-0.25, -0.2) is 4.39 Å². The molecule has 1 heterocycles. The second kappa shape index (κ2) is 6.23. The van der Waals surface area contributed by atoms with Crippen molar-refractivity contribution in [3.05, 3.63) is 34.4 Å².